The van der Waals surface area contributed by atoms with Crippen LogP contribution in [0.15, 0.2) is 66.7 Å². The van der Waals surface area contributed by atoms with Crippen molar-refractivity contribution in [3.8, 4) is 23.0 Å². The molecule has 1 aliphatic heterocycles. The predicted molar refractivity (Wildman–Crippen MR) is 125 cm³/mol. The highest BCUT2D eigenvalue weighted by molar-refractivity contribution is 5.41. The van der Waals surface area contributed by atoms with Crippen LogP contribution in [0.1, 0.15) is 16.7 Å². The Morgan fingerprint density at radius 2 is 1.03 bits per heavy atom. The summed E-state index contributed by atoms with van der Waals surface area (Å²) in [5.74, 6) is 2.30. The van der Waals surface area contributed by atoms with Gasteiger partial charge in [0.05, 0.1) is 13.2 Å². The van der Waals surface area contributed by atoms with Crippen LogP contribution in [0.2, 0.25) is 0 Å². The van der Waals surface area contributed by atoms with Gasteiger partial charge in [0.1, 0.15) is 26.4 Å². The molecule has 6 nitrogen and oxygen atoms in total. The minimum absolute atomic E-state index is 0.0181. The van der Waals surface area contributed by atoms with E-state index in [9.17, 15) is 5.11 Å². The van der Waals surface area contributed by atoms with Crippen molar-refractivity contribution in [1.29, 1.82) is 0 Å². The third kappa shape index (κ3) is 5.97. The average Bonchev–Trinajstić information content (AvgIpc) is 2.81. The molecule has 3 aromatic carbocycles. The molecule has 33 heavy (non-hydrogen) atoms. The van der Waals surface area contributed by atoms with E-state index in [0.29, 0.717) is 49.4 Å². The average molecular weight is 451 g/mol. The van der Waals surface area contributed by atoms with Crippen LogP contribution < -0.4 is 18.9 Å². The van der Waals surface area contributed by atoms with Gasteiger partial charge in [-0.05, 0) is 43.7 Å². The van der Waals surface area contributed by atoms with Crippen molar-refractivity contribution in [2.24, 2.45) is 0 Å². The minimum atomic E-state index is -1.41. The first-order valence-corrected chi connectivity index (χ1v) is 11.1. The summed E-state index contributed by atoms with van der Waals surface area (Å²) >= 11 is 0. The lowest BCUT2D eigenvalue weighted by atomic mass is 9.92. The van der Waals surface area contributed by atoms with Gasteiger partial charge >= 0.3 is 0 Å². The second-order valence-corrected chi connectivity index (χ2v) is 8.19. The molecule has 0 aliphatic carbocycles. The zero-order chi connectivity index (χ0) is 23.1. The molecular weight excluding hydrogens is 420 g/mol. The Bertz CT molecular complexity index is 988. The summed E-state index contributed by atoms with van der Waals surface area (Å²) in [6, 6.07) is 20.8. The van der Waals surface area contributed by atoms with Crippen LogP contribution in [0, 0.1) is 13.8 Å². The number of fused-ring (bicyclic) bond motifs is 2. The van der Waals surface area contributed by atoms with Crippen LogP contribution >= 0.6 is 0 Å². The first kappa shape index (κ1) is 23.0. The maximum absolute atomic E-state index is 11.8. The van der Waals surface area contributed by atoms with E-state index >= 15 is 0 Å². The van der Waals surface area contributed by atoms with Crippen LogP contribution in [0.4, 0.5) is 0 Å². The molecule has 3 aromatic rings. The van der Waals surface area contributed by atoms with E-state index in [-0.39, 0.29) is 13.2 Å². The predicted octanol–water partition coefficient (Wildman–Crippen LogP) is 4.44. The van der Waals surface area contributed by atoms with E-state index in [1.165, 1.54) is 0 Å². The molecule has 1 N–H and O–H groups in total. The number of aliphatic hydroxyl groups is 1. The summed E-state index contributed by atoms with van der Waals surface area (Å²) in [7, 11) is 0. The summed E-state index contributed by atoms with van der Waals surface area (Å²) in [6.45, 7) is 5.57. The van der Waals surface area contributed by atoms with Crippen molar-refractivity contribution in [2.75, 3.05) is 39.6 Å². The van der Waals surface area contributed by atoms with E-state index in [4.69, 9.17) is 23.7 Å². The molecule has 0 bridgehead atoms. The lowest BCUT2D eigenvalue weighted by molar-refractivity contribution is -0.0463. The Balaban J connectivity index is 1.67. The second-order valence-electron chi connectivity index (χ2n) is 8.19. The van der Waals surface area contributed by atoms with Crippen molar-refractivity contribution < 1.29 is 28.8 Å². The van der Waals surface area contributed by atoms with Gasteiger partial charge in [0.25, 0.3) is 0 Å². The second kappa shape index (κ2) is 10.6. The van der Waals surface area contributed by atoms with E-state index in [1.54, 1.807) is 0 Å². The number of rotatable bonds is 1. The summed E-state index contributed by atoms with van der Waals surface area (Å²) in [6.07, 6.45) is 0. The number of para-hydroxylation sites is 4. The van der Waals surface area contributed by atoms with Gasteiger partial charge in [0, 0.05) is 0 Å². The summed E-state index contributed by atoms with van der Waals surface area (Å²) in [5.41, 5.74) is 1.43. The molecule has 0 saturated carbocycles. The highest BCUT2D eigenvalue weighted by atomic mass is 16.6. The maximum Gasteiger partial charge on any atom is 0.161 e. The third-order valence-electron chi connectivity index (χ3n) is 5.36. The van der Waals surface area contributed by atoms with Crippen LogP contribution in [0.3, 0.4) is 0 Å². The molecule has 0 atom stereocenters. The Kier molecular flexibility index (Phi) is 7.37. The number of benzene rings is 3. The van der Waals surface area contributed by atoms with Gasteiger partial charge in [-0.3, -0.25) is 0 Å². The van der Waals surface area contributed by atoms with Gasteiger partial charge in [-0.2, -0.15) is 0 Å². The fourth-order valence-electron chi connectivity index (χ4n) is 3.75. The zero-order valence-corrected chi connectivity index (χ0v) is 19.1. The minimum Gasteiger partial charge on any atom is -0.487 e. The normalized spacial score (nSPS) is 16.7. The lowest BCUT2D eigenvalue weighted by Crippen LogP contribution is -2.39. The van der Waals surface area contributed by atoms with Crippen LogP contribution in [-0.2, 0) is 10.3 Å². The SMILES string of the molecule is Cc1cc(C)cc(C2(O)COc3ccccc3OCCOCCOc3ccccc3OC2)c1. The van der Waals surface area contributed by atoms with Gasteiger partial charge in [-0.1, -0.05) is 53.6 Å². The summed E-state index contributed by atoms with van der Waals surface area (Å²) in [5, 5.41) is 11.8. The largest absolute Gasteiger partial charge is 0.487 e. The van der Waals surface area contributed by atoms with Crippen LogP contribution in [-0.4, -0.2) is 44.7 Å². The van der Waals surface area contributed by atoms with Crippen molar-refractivity contribution in [3.05, 3.63) is 83.4 Å². The van der Waals surface area contributed by atoms with Crippen LogP contribution in [0.25, 0.3) is 0 Å². The molecule has 0 spiro atoms. The van der Waals surface area contributed by atoms with E-state index in [0.717, 1.165) is 16.7 Å². The Morgan fingerprint density at radius 1 is 0.606 bits per heavy atom. The van der Waals surface area contributed by atoms with Gasteiger partial charge < -0.3 is 28.8 Å². The molecule has 0 amide bonds. The molecule has 0 saturated heterocycles. The Labute approximate surface area is 194 Å². The maximum atomic E-state index is 11.8. The monoisotopic (exact) mass is 450 g/mol. The fourth-order valence-corrected chi connectivity index (χ4v) is 3.75. The molecule has 0 unspecified atom stereocenters. The first-order valence-electron chi connectivity index (χ1n) is 11.1. The number of hydrogen-bond acceptors (Lipinski definition) is 6. The van der Waals surface area contributed by atoms with Crippen LogP contribution in [0.5, 0.6) is 23.0 Å². The van der Waals surface area contributed by atoms with Crippen molar-refractivity contribution in [2.45, 2.75) is 19.4 Å². The molecule has 174 valence electrons. The van der Waals surface area contributed by atoms with Gasteiger partial charge in [0.2, 0.25) is 0 Å². The number of ether oxygens (including phenoxy) is 5. The molecular formula is C27H30O6. The molecule has 0 fully saturated rings. The van der Waals surface area contributed by atoms with E-state index < -0.39 is 5.60 Å². The standard InChI is InChI=1S/C27H30O6/c1-20-15-21(2)17-22(16-20)27(28)18-32-25-9-5-3-7-23(25)30-13-11-29-12-14-31-24-8-4-6-10-26(24)33-19-27/h3-10,15-17,28H,11-14,18-19H2,1-2H3. The molecule has 0 radical (unpaired) electrons. The van der Waals surface area contributed by atoms with Gasteiger partial charge in [-0.25, -0.2) is 0 Å². The highest BCUT2D eigenvalue weighted by Gasteiger charge is 2.33. The molecule has 4 rings (SSSR count). The Hall–Kier alpha value is -3.22. The molecule has 1 aliphatic rings. The zero-order valence-electron chi connectivity index (χ0n) is 19.1. The quantitative estimate of drug-likeness (QED) is 0.591. The topological polar surface area (TPSA) is 66.4 Å². The van der Waals surface area contributed by atoms with Crippen molar-refractivity contribution in [3.63, 3.8) is 0 Å². The number of hydrogen-bond donors (Lipinski definition) is 1. The van der Waals surface area contributed by atoms with E-state index in [1.807, 2.05) is 74.5 Å². The smallest absolute Gasteiger partial charge is 0.161 e. The molecule has 6 heteroatoms. The Morgan fingerprint density at radius 3 is 1.48 bits per heavy atom. The molecule has 1 heterocycles. The first-order chi connectivity index (χ1) is 16.0. The third-order valence-corrected chi connectivity index (χ3v) is 5.36. The van der Waals surface area contributed by atoms with E-state index in [2.05, 4.69) is 6.07 Å². The van der Waals surface area contributed by atoms with Gasteiger partial charge in [-0.15, -0.1) is 0 Å². The van der Waals surface area contributed by atoms with Gasteiger partial charge in [0.15, 0.2) is 28.6 Å². The lowest BCUT2D eigenvalue weighted by Gasteiger charge is -2.30. The van der Waals surface area contributed by atoms with Crippen molar-refractivity contribution >= 4 is 0 Å². The van der Waals surface area contributed by atoms with Crippen molar-refractivity contribution in [1.82, 2.24) is 0 Å². The summed E-state index contributed by atoms with van der Waals surface area (Å²) < 4.78 is 29.5. The molecule has 0 aromatic heterocycles. The highest BCUT2D eigenvalue weighted by Crippen LogP contribution is 2.33. The fraction of sp³-hybridized carbons (Fsp3) is 0.333. The number of aryl methyl sites for hydroxylation is 2. The summed E-state index contributed by atoms with van der Waals surface area (Å²) in [4.78, 5) is 0.